The van der Waals surface area contributed by atoms with E-state index in [4.69, 9.17) is 5.73 Å². The molecule has 10 heteroatoms. The van der Waals surface area contributed by atoms with Crippen LogP contribution in [0.3, 0.4) is 0 Å². The van der Waals surface area contributed by atoms with Gasteiger partial charge in [0.15, 0.2) is 5.82 Å². The first-order chi connectivity index (χ1) is 11.7. The molecule has 0 saturated carbocycles. The van der Waals surface area contributed by atoms with E-state index in [1.165, 1.54) is 16.8 Å². The molecule has 7 nitrogen and oxygen atoms in total. The fourth-order valence-corrected chi connectivity index (χ4v) is 2.42. The molecule has 1 aromatic heterocycles. The largest absolute Gasteiger partial charge is 0.416 e. The Morgan fingerprint density at radius 1 is 1.28 bits per heavy atom. The van der Waals surface area contributed by atoms with Gasteiger partial charge in [-0.2, -0.15) is 17.9 Å². The number of hydrogen-bond donors (Lipinski definition) is 1. The second-order valence-corrected chi connectivity index (χ2v) is 6.08. The third-order valence-electron chi connectivity index (χ3n) is 3.34. The van der Waals surface area contributed by atoms with Gasteiger partial charge in [0.05, 0.1) is 24.3 Å². The van der Waals surface area contributed by atoms with Crippen LogP contribution in [0.5, 0.6) is 0 Å². The molecule has 2 aromatic rings. The predicted molar refractivity (Wildman–Crippen MR) is 83.5 cm³/mol. The van der Waals surface area contributed by atoms with E-state index in [-0.39, 0.29) is 19.0 Å². The average molecular weight is 356 g/mol. The van der Waals surface area contributed by atoms with Crippen LogP contribution in [-0.4, -0.2) is 44.1 Å². The first-order valence-electron chi connectivity index (χ1n) is 7.62. The van der Waals surface area contributed by atoms with Gasteiger partial charge in [0.25, 0.3) is 0 Å². The quantitative estimate of drug-likeness (QED) is 0.814. The number of carbonyl (C=O) groups is 1. The standard InChI is InChI=1S/C15H19F3N6O/c1-10(2)7-23(8-13(19)25)9-14-20-21-22-24(14)12-5-3-11(4-6-12)15(16,17)18/h3-6,10H,7-9H2,1-2H3,(H2,19,25). The van der Waals surface area contributed by atoms with Crippen molar-refractivity contribution < 1.29 is 18.0 Å². The highest BCUT2D eigenvalue weighted by Crippen LogP contribution is 2.29. The van der Waals surface area contributed by atoms with E-state index in [0.29, 0.717) is 18.1 Å². The summed E-state index contributed by atoms with van der Waals surface area (Å²) in [6.07, 6.45) is -4.41. The van der Waals surface area contributed by atoms with E-state index >= 15 is 0 Å². The van der Waals surface area contributed by atoms with Gasteiger partial charge in [0, 0.05) is 6.54 Å². The molecule has 2 rings (SSSR count). The number of halogens is 3. The van der Waals surface area contributed by atoms with Crippen LogP contribution in [0.1, 0.15) is 25.2 Å². The normalized spacial score (nSPS) is 12.1. The number of rotatable bonds is 7. The molecule has 1 heterocycles. The van der Waals surface area contributed by atoms with Crippen molar-refractivity contribution in [3.8, 4) is 5.69 Å². The zero-order valence-electron chi connectivity index (χ0n) is 13.9. The highest BCUT2D eigenvalue weighted by molar-refractivity contribution is 5.75. The smallest absolute Gasteiger partial charge is 0.369 e. The van der Waals surface area contributed by atoms with Crippen molar-refractivity contribution >= 4 is 5.91 Å². The molecule has 1 amide bonds. The van der Waals surface area contributed by atoms with Gasteiger partial charge in [0.1, 0.15) is 0 Å². The number of aromatic nitrogens is 4. The van der Waals surface area contributed by atoms with Crippen LogP contribution in [0.15, 0.2) is 24.3 Å². The van der Waals surface area contributed by atoms with Crippen molar-refractivity contribution in [1.29, 1.82) is 0 Å². The Morgan fingerprint density at radius 3 is 2.44 bits per heavy atom. The van der Waals surface area contributed by atoms with Gasteiger partial charge in [-0.3, -0.25) is 9.69 Å². The average Bonchev–Trinajstić information content (AvgIpc) is 2.93. The number of benzene rings is 1. The van der Waals surface area contributed by atoms with Crippen molar-refractivity contribution in [1.82, 2.24) is 25.1 Å². The Labute approximate surface area is 142 Å². The second-order valence-electron chi connectivity index (χ2n) is 6.08. The number of carbonyl (C=O) groups excluding carboxylic acids is 1. The molecule has 0 fully saturated rings. The Kier molecular flexibility index (Phi) is 5.73. The van der Waals surface area contributed by atoms with Gasteiger partial charge in [-0.05, 0) is 40.6 Å². The van der Waals surface area contributed by atoms with Crippen LogP contribution in [-0.2, 0) is 17.5 Å². The predicted octanol–water partition coefficient (Wildman–Crippen LogP) is 1.62. The molecule has 0 aliphatic carbocycles. The molecule has 0 unspecified atom stereocenters. The van der Waals surface area contributed by atoms with E-state index in [1.54, 1.807) is 4.90 Å². The number of hydrogen-bond acceptors (Lipinski definition) is 5. The minimum atomic E-state index is -4.41. The molecule has 0 atom stereocenters. The molecule has 0 spiro atoms. The summed E-state index contributed by atoms with van der Waals surface area (Å²) in [5.41, 5.74) is 4.91. The number of amides is 1. The van der Waals surface area contributed by atoms with Crippen LogP contribution >= 0.6 is 0 Å². The topological polar surface area (TPSA) is 89.9 Å². The number of nitrogens with two attached hydrogens (primary N) is 1. The SMILES string of the molecule is CC(C)CN(CC(N)=O)Cc1nnnn1-c1ccc(C(F)(F)F)cc1. The molecular formula is C15H19F3N6O. The molecule has 0 radical (unpaired) electrons. The van der Waals surface area contributed by atoms with E-state index in [1.807, 2.05) is 13.8 Å². The Morgan fingerprint density at radius 2 is 1.92 bits per heavy atom. The van der Waals surface area contributed by atoms with E-state index in [0.717, 1.165) is 12.1 Å². The lowest BCUT2D eigenvalue weighted by Gasteiger charge is -2.22. The minimum Gasteiger partial charge on any atom is -0.369 e. The summed E-state index contributed by atoms with van der Waals surface area (Å²) in [6, 6.07) is 4.53. The molecule has 2 N–H and O–H groups in total. The van der Waals surface area contributed by atoms with Crippen molar-refractivity contribution in [2.75, 3.05) is 13.1 Å². The number of nitrogens with zero attached hydrogens (tertiary/aromatic N) is 5. The van der Waals surface area contributed by atoms with E-state index in [9.17, 15) is 18.0 Å². The Balaban J connectivity index is 2.22. The van der Waals surface area contributed by atoms with Crippen molar-refractivity contribution in [3.05, 3.63) is 35.7 Å². The minimum absolute atomic E-state index is 0.0397. The highest BCUT2D eigenvalue weighted by Gasteiger charge is 2.30. The zero-order chi connectivity index (χ0) is 18.6. The monoisotopic (exact) mass is 356 g/mol. The van der Waals surface area contributed by atoms with Gasteiger partial charge in [-0.25, -0.2) is 0 Å². The summed E-state index contributed by atoms with van der Waals surface area (Å²) in [5, 5.41) is 11.3. The Bertz CT molecular complexity index is 711. The molecule has 0 bridgehead atoms. The first-order valence-corrected chi connectivity index (χ1v) is 7.62. The van der Waals surface area contributed by atoms with E-state index < -0.39 is 17.6 Å². The van der Waals surface area contributed by atoms with Crippen LogP contribution < -0.4 is 5.73 Å². The third-order valence-corrected chi connectivity index (χ3v) is 3.34. The molecule has 0 aliphatic rings. The second kappa shape index (κ2) is 7.60. The van der Waals surface area contributed by atoms with Gasteiger partial charge in [-0.15, -0.1) is 5.10 Å². The zero-order valence-corrected chi connectivity index (χ0v) is 13.9. The lowest BCUT2D eigenvalue weighted by molar-refractivity contribution is -0.137. The Hall–Kier alpha value is -2.49. The summed E-state index contributed by atoms with van der Waals surface area (Å²) in [4.78, 5) is 13.0. The van der Waals surface area contributed by atoms with Crippen LogP contribution in [0, 0.1) is 5.92 Å². The molecular weight excluding hydrogens is 337 g/mol. The number of primary amides is 1. The highest BCUT2D eigenvalue weighted by atomic mass is 19.4. The van der Waals surface area contributed by atoms with Crippen molar-refractivity contribution in [3.63, 3.8) is 0 Å². The van der Waals surface area contributed by atoms with Crippen LogP contribution in [0.4, 0.5) is 13.2 Å². The molecule has 1 aromatic carbocycles. The maximum atomic E-state index is 12.7. The van der Waals surface area contributed by atoms with Crippen molar-refractivity contribution in [2.45, 2.75) is 26.6 Å². The lowest BCUT2D eigenvalue weighted by Crippen LogP contribution is -2.36. The lowest BCUT2D eigenvalue weighted by atomic mass is 10.2. The molecule has 0 saturated heterocycles. The maximum Gasteiger partial charge on any atom is 0.416 e. The molecule has 136 valence electrons. The van der Waals surface area contributed by atoms with Gasteiger partial charge in [0.2, 0.25) is 5.91 Å². The van der Waals surface area contributed by atoms with Gasteiger partial charge >= 0.3 is 6.18 Å². The fourth-order valence-electron chi connectivity index (χ4n) is 2.42. The summed E-state index contributed by atoms with van der Waals surface area (Å²) in [7, 11) is 0. The first kappa shape index (κ1) is 18.8. The number of tetrazole rings is 1. The van der Waals surface area contributed by atoms with Gasteiger partial charge < -0.3 is 5.73 Å². The summed E-state index contributed by atoms with van der Waals surface area (Å²) in [6.45, 7) is 4.87. The summed E-state index contributed by atoms with van der Waals surface area (Å²) in [5.74, 6) is 0.214. The van der Waals surface area contributed by atoms with Crippen LogP contribution in [0.25, 0.3) is 5.69 Å². The maximum absolute atomic E-state index is 12.7. The van der Waals surface area contributed by atoms with Crippen LogP contribution in [0.2, 0.25) is 0 Å². The molecule has 25 heavy (non-hydrogen) atoms. The third kappa shape index (κ3) is 5.24. The fraction of sp³-hybridized carbons (Fsp3) is 0.467. The summed E-state index contributed by atoms with van der Waals surface area (Å²) < 4.78 is 39.3. The van der Waals surface area contributed by atoms with Crippen molar-refractivity contribution in [2.24, 2.45) is 11.7 Å². The van der Waals surface area contributed by atoms with E-state index in [2.05, 4.69) is 15.5 Å². The number of alkyl halides is 3. The van der Waals surface area contributed by atoms with Gasteiger partial charge in [-0.1, -0.05) is 13.8 Å². The molecule has 0 aliphatic heterocycles. The summed E-state index contributed by atoms with van der Waals surface area (Å²) >= 11 is 0.